The predicted octanol–water partition coefficient (Wildman–Crippen LogP) is 15.8. The number of rotatable bonds is 7. The molecule has 0 saturated carbocycles. The van der Waals surface area contributed by atoms with E-state index in [4.69, 9.17) is 15.0 Å². The Hall–Kier alpha value is -9.39. The normalized spacial score (nSPS) is 11.8. The van der Waals surface area contributed by atoms with Gasteiger partial charge in [0.05, 0.1) is 38.8 Å². The lowest BCUT2D eigenvalue weighted by atomic mass is 10.0. The van der Waals surface area contributed by atoms with E-state index in [0.29, 0.717) is 17.6 Å². The molecule has 10 aromatic carbocycles. The molecule has 0 aliphatic rings. The molecule has 14 aromatic rings. The van der Waals surface area contributed by atoms with Gasteiger partial charge in [-0.05, 0) is 70.8 Å². The average Bonchev–Trinajstić information content (AvgIpc) is 4.07. The van der Waals surface area contributed by atoms with E-state index in [2.05, 4.69) is 232 Å². The molecule has 322 valence electrons. The van der Waals surface area contributed by atoms with Crippen LogP contribution in [0.3, 0.4) is 0 Å². The number of para-hydroxylation sites is 4. The third-order valence-electron chi connectivity index (χ3n) is 13.7. The van der Waals surface area contributed by atoms with Gasteiger partial charge in [-0.1, -0.05) is 194 Å². The quantitative estimate of drug-likeness (QED) is 0.160. The van der Waals surface area contributed by atoms with E-state index in [1.807, 2.05) is 24.3 Å². The smallest absolute Gasteiger partial charge is 0.238 e. The number of benzene rings is 10. The second-order valence-corrected chi connectivity index (χ2v) is 17.6. The third-order valence-corrected chi connectivity index (χ3v) is 13.7. The molecule has 69 heavy (non-hydrogen) atoms. The number of hydrogen-bond acceptors (Lipinski definition) is 3. The molecule has 0 bridgehead atoms. The van der Waals surface area contributed by atoms with Crippen LogP contribution in [-0.4, -0.2) is 28.7 Å². The Kier molecular flexibility index (Phi) is 8.79. The summed E-state index contributed by atoms with van der Waals surface area (Å²) in [6, 6.07) is 86.3. The first kappa shape index (κ1) is 38.8. The van der Waals surface area contributed by atoms with Gasteiger partial charge >= 0.3 is 0 Å². The van der Waals surface area contributed by atoms with Crippen molar-refractivity contribution in [2.45, 2.75) is 0 Å². The fraction of sp³-hybridized carbons (Fsp3) is 0. The average molecular weight is 881 g/mol. The van der Waals surface area contributed by atoms with Crippen LogP contribution in [0.4, 0.5) is 0 Å². The fourth-order valence-corrected chi connectivity index (χ4v) is 10.6. The summed E-state index contributed by atoms with van der Waals surface area (Å²) in [5.41, 5.74) is 15.0. The van der Waals surface area contributed by atoms with E-state index in [0.717, 1.165) is 82.9 Å². The van der Waals surface area contributed by atoms with Gasteiger partial charge < -0.3 is 9.13 Å². The molecule has 0 amide bonds. The molecule has 0 unspecified atom stereocenters. The molecule has 0 N–H and O–H groups in total. The van der Waals surface area contributed by atoms with Gasteiger partial charge in [-0.15, -0.1) is 0 Å². The maximum Gasteiger partial charge on any atom is 0.238 e. The Morgan fingerprint density at radius 1 is 0.261 bits per heavy atom. The van der Waals surface area contributed by atoms with E-state index in [1.165, 1.54) is 27.3 Å². The lowest BCUT2D eigenvalue weighted by Crippen LogP contribution is -2.08. The summed E-state index contributed by atoms with van der Waals surface area (Å²) < 4.78 is 7.20. The topological polar surface area (TPSA) is 53.5 Å². The molecular weight excluding hydrogens is 841 g/mol. The summed E-state index contributed by atoms with van der Waals surface area (Å²) in [7, 11) is 0. The molecule has 0 atom stereocenters. The second-order valence-electron chi connectivity index (χ2n) is 17.6. The molecule has 0 aliphatic carbocycles. The van der Waals surface area contributed by atoms with Crippen molar-refractivity contribution in [3.8, 4) is 62.4 Å². The zero-order chi connectivity index (χ0) is 45.4. The Balaban J connectivity index is 1.15. The molecule has 0 spiro atoms. The zero-order valence-electron chi connectivity index (χ0n) is 37.3. The van der Waals surface area contributed by atoms with Crippen LogP contribution in [0.5, 0.6) is 0 Å². The van der Waals surface area contributed by atoms with Crippen LogP contribution >= 0.6 is 0 Å². The van der Waals surface area contributed by atoms with Gasteiger partial charge in [0.2, 0.25) is 5.95 Å². The van der Waals surface area contributed by atoms with E-state index in [-0.39, 0.29) is 0 Å². The maximum atomic E-state index is 5.52. The monoisotopic (exact) mass is 880 g/mol. The number of fused-ring (bicyclic) bond motifs is 10. The minimum atomic E-state index is 0.534. The van der Waals surface area contributed by atoms with Crippen molar-refractivity contribution in [3.05, 3.63) is 243 Å². The van der Waals surface area contributed by atoms with Gasteiger partial charge in [0, 0.05) is 49.1 Å². The van der Waals surface area contributed by atoms with Crippen molar-refractivity contribution in [1.82, 2.24) is 28.7 Å². The SMILES string of the molecule is c1ccc(-c2ccc(-n3c4ccccc4c4cc(-n5c6ccccc6c6ccccc65)c5c(c6ccccc6n5-c5nc(-c6ccccc6)nc(-c6cccc(-c7ccccc7)c6)n5)c43)cc2)cc1. The summed E-state index contributed by atoms with van der Waals surface area (Å²) in [5.74, 6) is 1.72. The molecule has 0 saturated heterocycles. The van der Waals surface area contributed by atoms with Crippen molar-refractivity contribution in [3.63, 3.8) is 0 Å². The standard InChI is InChI=1S/C63H40N6/c1-4-19-41(20-5-1)43-35-37-47(38-36-43)67-53-31-14-12-29-50(53)52-40-57(68-54-32-15-10-27-48(54)49-28-11-16-33-55(49)68)60-58(59(52)67)51-30-13-17-34-56(51)69(60)63-65-61(44-23-8-3-9-24-44)64-62(66-63)46-26-18-25-45(39-46)42-21-6-2-7-22-42/h1-40H. The molecular formula is C63H40N6. The van der Waals surface area contributed by atoms with E-state index in [1.54, 1.807) is 0 Å². The molecule has 4 heterocycles. The van der Waals surface area contributed by atoms with Crippen LogP contribution in [0.25, 0.3) is 128 Å². The molecule has 0 fully saturated rings. The lowest BCUT2D eigenvalue weighted by Gasteiger charge is -2.16. The van der Waals surface area contributed by atoms with Crippen LogP contribution < -0.4 is 0 Å². The highest BCUT2D eigenvalue weighted by Crippen LogP contribution is 2.46. The van der Waals surface area contributed by atoms with E-state index in [9.17, 15) is 0 Å². The minimum Gasteiger partial charge on any atom is -0.309 e. The highest BCUT2D eigenvalue weighted by molar-refractivity contribution is 6.28. The number of nitrogens with zero attached hydrogens (tertiary/aromatic N) is 6. The number of hydrogen-bond donors (Lipinski definition) is 0. The van der Waals surface area contributed by atoms with Crippen molar-refractivity contribution >= 4 is 65.4 Å². The lowest BCUT2D eigenvalue weighted by molar-refractivity contribution is 0.950. The Bertz CT molecular complexity index is 4230. The highest BCUT2D eigenvalue weighted by Gasteiger charge is 2.27. The summed E-state index contributed by atoms with van der Waals surface area (Å²) >= 11 is 0. The largest absolute Gasteiger partial charge is 0.309 e. The number of aromatic nitrogens is 6. The summed E-state index contributed by atoms with van der Waals surface area (Å²) in [4.78, 5) is 16.2. The third kappa shape index (κ3) is 6.16. The van der Waals surface area contributed by atoms with Crippen LogP contribution in [-0.2, 0) is 0 Å². The minimum absolute atomic E-state index is 0.534. The summed E-state index contributed by atoms with van der Waals surface area (Å²) in [5, 5.41) is 6.92. The van der Waals surface area contributed by atoms with Crippen LogP contribution in [0, 0.1) is 0 Å². The maximum absolute atomic E-state index is 5.52. The Labute approximate surface area is 397 Å². The van der Waals surface area contributed by atoms with Crippen LogP contribution in [0.2, 0.25) is 0 Å². The summed E-state index contributed by atoms with van der Waals surface area (Å²) in [6.45, 7) is 0. The van der Waals surface area contributed by atoms with Gasteiger partial charge in [-0.25, -0.2) is 4.98 Å². The molecule has 0 aliphatic heterocycles. The second kappa shape index (κ2) is 15.6. The van der Waals surface area contributed by atoms with Gasteiger partial charge in [0.1, 0.15) is 0 Å². The molecule has 4 aromatic heterocycles. The summed E-state index contributed by atoms with van der Waals surface area (Å²) in [6.07, 6.45) is 0. The van der Waals surface area contributed by atoms with E-state index >= 15 is 0 Å². The predicted molar refractivity (Wildman–Crippen MR) is 285 cm³/mol. The molecule has 6 nitrogen and oxygen atoms in total. The van der Waals surface area contributed by atoms with Crippen molar-refractivity contribution in [2.24, 2.45) is 0 Å². The van der Waals surface area contributed by atoms with Crippen molar-refractivity contribution < 1.29 is 0 Å². The van der Waals surface area contributed by atoms with Crippen LogP contribution in [0.1, 0.15) is 0 Å². The van der Waals surface area contributed by atoms with Gasteiger partial charge in [0.25, 0.3) is 0 Å². The molecule has 14 rings (SSSR count). The molecule has 0 radical (unpaired) electrons. The van der Waals surface area contributed by atoms with Crippen molar-refractivity contribution in [1.29, 1.82) is 0 Å². The van der Waals surface area contributed by atoms with Crippen molar-refractivity contribution in [2.75, 3.05) is 0 Å². The van der Waals surface area contributed by atoms with Gasteiger partial charge in [-0.3, -0.25) is 4.57 Å². The van der Waals surface area contributed by atoms with Gasteiger partial charge in [0.15, 0.2) is 11.6 Å². The fourth-order valence-electron chi connectivity index (χ4n) is 10.6. The van der Waals surface area contributed by atoms with Crippen LogP contribution in [0.15, 0.2) is 243 Å². The Morgan fingerprint density at radius 2 is 0.696 bits per heavy atom. The molecule has 6 heteroatoms. The highest BCUT2D eigenvalue weighted by atomic mass is 15.2. The van der Waals surface area contributed by atoms with E-state index < -0.39 is 0 Å². The first-order chi connectivity index (χ1) is 34.2. The first-order valence-electron chi connectivity index (χ1n) is 23.4. The zero-order valence-corrected chi connectivity index (χ0v) is 37.3. The van der Waals surface area contributed by atoms with Gasteiger partial charge in [-0.2, -0.15) is 9.97 Å². The first-order valence-corrected chi connectivity index (χ1v) is 23.4. The Morgan fingerprint density at radius 3 is 1.30 bits per heavy atom.